The number of aromatic amines is 1. The number of nitrogens with zero attached hydrogens (tertiary/aromatic N) is 1. The third kappa shape index (κ3) is 9.75. The molecule has 11 heteroatoms. The molecule has 3 saturated heterocycles. The summed E-state index contributed by atoms with van der Waals surface area (Å²) in [5.74, 6) is 0.0580. The minimum absolute atomic E-state index is 0.0396. The summed E-state index contributed by atoms with van der Waals surface area (Å²) in [7, 11) is 0. The Labute approximate surface area is 297 Å². The third-order valence-electron chi connectivity index (χ3n) is 9.93. The second-order valence-corrected chi connectivity index (χ2v) is 13.5. The van der Waals surface area contributed by atoms with Crippen molar-refractivity contribution in [3.63, 3.8) is 0 Å². The molecule has 3 fully saturated rings. The number of piperidine rings is 3. The maximum atomic E-state index is 13.2. The van der Waals surface area contributed by atoms with Crippen molar-refractivity contribution >= 4 is 22.8 Å². The summed E-state index contributed by atoms with van der Waals surface area (Å²) in [5, 5.41) is 24.6. The zero-order chi connectivity index (χ0) is 35.6. The van der Waals surface area contributed by atoms with Crippen LogP contribution in [0.2, 0.25) is 0 Å². The van der Waals surface area contributed by atoms with E-state index >= 15 is 0 Å². The van der Waals surface area contributed by atoms with Gasteiger partial charge in [-0.05, 0) is 98.6 Å². The number of aromatic hydroxyl groups is 1. The van der Waals surface area contributed by atoms with Gasteiger partial charge in [-0.2, -0.15) is 0 Å². The number of aromatic nitrogens is 1. The number of aliphatic hydroxyl groups is 1. The highest BCUT2D eigenvalue weighted by atomic mass is 16.6. The van der Waals surface area contributed by atoms with Crippen molar-refractivity contribution in [1.82, 2.24) is 15.2 Å². The summed E-state index contributed by atoms with van der Waals surface area (Å²) in [5.41, 5.74) is 2.51. The molecule has 0 saturated carbocycles. The van der Waals surface area contributed by atoms with E-state index in [9.17, 15) is 24.6 Å². The Morgan fingerprint density at radius 2 is 1.73 bits per heavy atom. The number of unbranched alkanes of at least 4 members (excludes halogenated alkanes) is 2. The quantitative estimate of drug-likeness (QED) is 0.0895. The number of H-pyrrole nitrogens is 1. The van der Waals surface area contributed by atoms with Crippen LogP contribution in [-0.4, -0.2) is 84.1 Å². The molecule has 1 unspecified atom stereocenters. The van der Waals surface area contributed by atoms with Gasteiger partial charge in [0.1, 0.15) is 17.6 Å². The van der Waals surface area contributed by atoms with Crippen molar-refractivity contribution in [3.8, 4) is 11.5 Å². The molecule has 4 aromatic rings. The molecule has 3 aromatic carbocycles. The number of benzene rings is 3. The number of esters is 2. The molecule has 0 spiro atoms. The molecule has 270 valence electrons. The second kappa shape index (κ2) is 17.5. The first-order valence-corrected chi connectivity index (χ1v) is 17.9. The molecule has 0 radical (unpaired) electrons. The van der Waals surface area contributed by atoms with Crippen molar-refractivity contribution in [3.05, 3.63) is 106 Å². The summed E-state index contributed by atoms with van der Waals surface area (Å²) in [6.45, 7) is 4.03. The number of hydrogen-bond acceptors (Lipinski definition) is 10. The van der Waals surface area contributed by atoms with Crippen LogP contribution in [0.15, 0.2) is 83.7 Å². The van der Waals surface area contributed by atoms with Crippen LogP contribution in [0.4, 0.5) is 0 Å². The highest BCUT2D eigenvalue weighted by Gasteiger charge is 2.37. The van der Waals surface area contributed by atoms with E-state index in [2.05, 4.69) is 15.2 Å². The van der Waals surface area contributed by atoms with E-state index in [0.29, 0.717) is 47.6 Å². The maximum Gasteiger partial charge on any atom is 0.344 e. The van der Waals surface area contributed by atoms with Crippen LogP contribution in [-0.2, 0) is 19.1 Å². The van der Waals surface area contributed by atoms with E-state index < -0.39 is 12.1 Å². The first kappa shape index (κ1) is 36.1. The van der Waals surface area contributed by atoms with Crippen LogP contribution in [0, 0.1) is 5.92 Å². The summed E-state index contributed by atoms with van der Waals surface area (Å²) in [4.78, 5) is 42.3. The zero-order valence-electron chi connectivity index (χ0n) is 28.8. The number of phenols is 1. The number of nitrogens with one attached hydrogen (secondary N) is 2. The zero-order valence-corrected chi connectivity index (χ0v) is 28.8. The van der Waals surface area contributed by atoms with Gasteiger partial charge in [-0.15, -0.1) is 0 Å². The van der Waals surface area contributed by atoms with Crippen molar-refractivity contribution in [2.24, 2.45) is 5.92 Å². The lowest BCUT2D eigenvalue weighted by molar-refractivity contribution is -0.159. The van der Waals surface area contributed by atoms with Crippen molar-refractivity contribution in [2.45, 2.75) is 56.7 Å². The number of carbonyl (C=O) groups excluding carboxylic acids is 2. The molecule has 1 aromatic heterocycles. The van der Waals surface area contributed by atoms with Crippen LogP contribution in [0.1, 0.15) is 67.2 Å². The lowest BCUT2D eigenvalue weighted by atomic mass is 9.85. The predicted molar refractivity (Wildman–Crippen MR) is 193 cm³/mol. The number of pyridine rings is 1. The molecule has 3 aliphatic heterocycles. The van der Waals surface area contributed by atoms with Gasteiger partial charge in [-0.1, -0.05) is 48.5 Å². The van der Waals surface area contributed by atoms with Crippen LogP contribution in [0.5, 0.6) is 11.5 Å². The Morgan fingerprint density at radius 3 is 2.51 bits per heavy atom. The third-order valence-corrected chi connectivity index (χ3v) is 9.93. The Kier molecular flexibility index (Phi) is 12.4. The van der Waals surface area contributed by atoms with Crippen LogP contribution >= 0.6 is 0 Å². The second-order valence-electron chi connectivity index (χ2n) is 13.5. The molecule has 4 N–H and O–H groups in total. The first-order valence-electron chi connectivity index (χ1n) is 17.9. The minimum atomic E-state index is -0.818. The van der Waals surface area contributed by atoms with E-state index in [1.54, 1.807) is 18.2 Å². The van der Waals surface area contributed by atoms with Crippen LogP contribution in [0.3, 0.4) is 0 Å². The normalized spacial score (nSPS) is 19.4. The maximum absolute atomic E-state index is 13.2. The van der Waals surface area contributed by atoms with Crippen molar-refractivity contribution in [1.29, 1.82) is 0 Å². The monoisotopic (exact) mass is 697 g/mol. The SMILES string of the molecule is O=C(COc1cccc(C(CC(=O)O[C@H]2CN3CCC2CC3)c2ccccc2)c1)OCCCCCNC[C@H](O)c1ccc(O)c2[nH]c(=O)ccc12. The molecule has 3 atom stereocenters. The van der Waals surface area contributed by atoms with E-state index in [-0.39, 0.29) is 48.9 Å². The first-order chi connectivity index (χ1) is 24.8. The number of carbonyl (C=O) groups is 2. The van der Waals surface area contributed by atoms with Gasteiger partial charge in [0.05, 0.1) is 24.6 Å². The van der Waals surface area contributed by atoms with Gasteiger partial charge in [0, 0.05) is 30.5 Å². The highest BCUT2D eigenvalue weighted by molar-refractivity contribution is 5.87. The standard InChI is InChI=1S/C40H47N3O8/c44-34-14-12-31(32-13-15-37(46)42-40(32)34)35(45)24-41-18-5-2-6-21-49-39(48)26-50-30-11-7-10-29(22-30)33(27-8-3-1-4-9-27)23-38(47)51-36-25-43-19-16-28(36)17-20-43/h1,3-4,7-15,22,28,33,35-36,41,44-45H,2,5-6,16-21,23-26H2,(H,42,46)/t33?,35-,36-/m0/s1. The van der Waals surface area contributed by atoms with Gasteiger partial charge in [0.15, 0.2) is 6.61 Å². The van der Waals surface area contributed by atoms with Crippen LogP contribution < -0.4 is 15.6 Å². The molecule has 11 nitrogen and oxygen atoms in total. The Hall–Kier alpha value is -4.71. The van der Waals surface area contributed by atoms with Crippen molar-refractivity contribution < 1.29 is 34.0 Å². The summed E-state index contributed by atoms with van der Waals surface area (Å²) < 4.78 is 17.2. The molecule has 0 aliphatic carbocycles. The van der Waals surface area contributed by atoms with E-state index in [0.717, 1.165) is 56.4 Å². The number of ether oxygens (including phenoxy) is 3. The number of fused-ring (bicyclic) bond motifs is 4. The molecule has 51 heavy (non-hydrogen) atoms. The van der Waals surface area contributed by atoms with Gasteiger partial charge in [-0.25, -0.2) is 4.79 Å². The summed E-state index contributed by atoms with van der Waals surface area (Å²) in [6.07, 6.45) is 3.87. The fourth-order valence-electron chi connectivity index (χ4n) is 7.16. The van der Waals surface area contributed by atoms with Gasteiger partial charge in [-0.3, -0.25) is 14.5 Å². The Balaban J connectivity index is 0.903. The fourth-order valence-corrected chi connectivity index (χ4v) is 7.16. The molecule has 0 amide bonds. The number of aliphatic hydroxyl groups excluding tert-OH is 1. The van der Waals surface area contributed by atoms with Gasteiger partial charge >= 0.3 is 11.9 Å². The van der Waals surface area contributed by atoms with Gasteiger partial charge in [0.2, 0.25) is 5.56 Å². The smallest absolute Gasteiger partial charge is 0.344 e. The lowest BCUT2D eigenvalue weighted by Crippen LogP contribution is -2.52. The van der Waals surface area contributed by atoms with Crippen LogP contribution in [0.25, 0.3) is 10.9 Å². The molecule has 3 aliphatic rings. The topological polar surface area (TPSA) is 150 Å². The van der Waals surface area contributed by atoms with E-state index in [4.69, 9.17) is 14.2 Å². The average molecular weight is 698 g/mol. The molecular formula is C40H47N3O8. The molecule has 2 bridgehead atoms. The fraction of sp³-hybridized carbons (Fsp3) is 0.425. The van der Waals surface area contributed by atoms with Gasteiger partial charge < -0.3 is 34.7 Å². The number of rotatable bonds is 17. The van der Waals surface area contributed by atoms with Gasteiger partial charge in [0.25, 0.3) is 0 Å². The number of hydrogen-bond donors (Lipinski definition) is 4. The van der Waals surface area contributed by atoms with E-state index in [1.807, 2.05) is 48.5 Å². The largest absolute Gasteiger partial charge is 0.506 e. The minimum Gasteiger partial charge on any atom is -0.506 e. The van der Waals surface area contributed by atoms with Crippen molar-refractivity contribution in [2.75, 3.05) is 45.9 Å². The summed E-state index contributed by atoms with van der Waals surface area (Å²) in [6, 6.07) is 23.5. The molecule has 7 rings (SSSR count). The predicted octanol–water partition coefficient (Wildman–Crippen LogP) is 4.81. The van der Waals surface area contributed by atoms with E-state index in [1.165, 1.54) is 12.1 Å². The lowest BCUT2D eigenvalue weighted by Gasteiger charge is -2.44. The average Bonchev–Trinajstić information content (AvgIpc) is 3.15. The highest BCUT2D eigenvalue weighted by Crippen LogP contribution is 2.34. The molecule has 4 heterocycles. The Morgan fingerprint density at radius 1 is 0.922 bits per heavy atom. The number of phenolic OH excluding ortho intramolecular Hbond substituents is 1. The molecular weight excluding hydrogens is 650 g/mol. The summed E-state index contributed by atoms with van der Waals surface area (Å²) >= 11 is 0. The Bertz CT molecular complexity index is 1820.